The van der Waals surface area contributed by atoms with Gasteiger partial charge in [0.15, 0.2) is 0 Å². The molecule has 0 bridgehead atoms. The second-order valence-corrected chi connectivity index (χ2v) is 5.89. The molecule has 1 aliphatic heterocycles. The molecule has 24 heavy (non-hydrogen) atoms. The second-order valence-electron chi connectivity index (χ2n) is 5.89. The Labute approximate surface area is 140 Å². The van der Waals surface area contributed by atoms with Gasteiger partial charge in [0.25, 0.3) is 5.56 Å². The van der Waals surface area contributed by atoms with E-state index in [-0.39, 0.29) is 11.7 Å². The highest BCUT2D eigenvalue weighted by atomic mass is 16.5. The molecule has 2 aromatic rings. The summed E-state index contributed by atoms with van der Waals surface area (Å²) >= 11 is 0. The van der Waals surface area contributed by atoms with Crippen LogP contribution in [-0.4, -0.2) is 52.3 Å². The zero-order valence-electron chi connectivity index (χ0n) is 14.0. The number of hydrogen-bond acceptors (Lipinski definition) is 7. The van der Waals surface area contributed by atoms with E-state index in [2.05, 4.69) is 25.5 Å². The zero-order valence-corrected chi connectivity index (χ0v) is 14.0. The van der Waals surface area contributed by atoms with Crippen molar-refractivity contribution in [2.24, 2.45) is 7.05 Å². The Balaban J connectivity index is 1.52. The van der Waals surface area contributed by atoms with Crippen molar-refractivity contribution in [3.63, 3.8) is 0 Å². The fraction of sp³-hybridized carbons (Fsp3) is 0.500. The van der Waals surface area contributed by atoms with Gasteiger partial charge in [-0.25, -0.2) is 4.68 Å². The minimum atomic E-state index is -0.102. The van der Waals surface area contributed by atoms with Crippen LogP contribution in [0.3, 0.4) is 0 Å². The molecule has 0 radical (unpaired) electrons. The SMILES string of the molecule is Cc1ccc(NCC[C@H]2CN(c3cnn(C)c(=O)c3)CCO2)nn1. The average molecular weight is 330 g/mol. The van der Waals surface area contributed by atoms with E-state index in [1.54, 1.807) is 19.3 Å². The maximum atomic E-state index is 11.7. The zero-order chi connectivity index (χ0) is 16.9. The Bertz CT molecular complexity index is 730. The molecular weight excluding hydrogens is 308 g/mol. The van der Waals surface area contributed by atoms with Crippen LogP contribution in [0, 0.1) is 6.92 Å². The van der Waals surface area contributed by atoms with E-state index < -0.39 is 0 Å². The predicted octanol–water partition coefficient (Wildman–Crippen LogP) is 0.586. The number of aryl methyl sites for hydroxylation is 2. The van der Waals surface area contributed by atoms with Gasteiger partial charge in [0, 0.05) is 32.7 Å². The summed E-state index contributed by atoms with van der Waals surface area (Å²) in [4.78, 5) is 13.9. The van der Waals surface area contributed by atoms with Crippen molar-refractivity contribution in [3.8, 4) is 0 Å². The van der Waals surface area contributed by atoms with Crippen LogP contribution in [0.1, 0.15) is 12.1 Å². The molecule has 0 saturated carbocycles. The third-order valence-corrected chi connectivity index (χ3v) is 4.03. The molecular formula is C16H22N6O2. The van der Waals surface area contributed by atoms with Gasteiger partial charge in [0.2, 0.25) is 0 Å². The smallest absolute Gasteiger partial charge is 0.268 e. The van der Waals surface area contributed by atoms with Gasteiger partial charge in [-0.3, -0.25) is 4.79 Å². The van der Waals surface area contributed by atoms with Crippen molar-refractivity contribution >= 4 is 11.5 Å². The monoisotopic (exact) mass is 330 g/mol. The fourth-order valence-corrected chi connectivity index (χ4v) is 2.62. The van der Waals surface area contributed by atoms with E-state index in [1.807, 2.05) is 19.1 Å². The van der Waals surface area contributed by atoms with E-state index in [4.69, 9.17) is 4.74 Å². The first kappa shape index (κ1) is 16.4. The van der Waals surface area contributed by atoms with E-state index >= 15 is 0 Å². The largest absolute Gasteiger partial charge is 0.374 e. The minimum absolute atomic E-state index is 0.102. The normalized spacial score (nSPS) is 17.8. The van der Waals surface area contributed by atoms with Crippen molar-refractivity contribution in [2.45, 2.75) is 19.4 Å². The first-order chi connectivity index (χ1) is 11.6. The van der Waals surface area contributed by atoms with Crippen LogP contribution in [0.2, 0.25) is 0 Å². The molecule has 0 aromatic carbocycles. The van der Waals surface area contributed by atoms with Crippen molar-refractivity contribution in [1.29, 1.82) is 0 Å². The maximum absolute atomic E-state index is 11.7. The Hall–Kier alpha value is -2.48. The van der Waals surface area contributed by atoms with Crippen LogP contribution in [0.15, 0.2) is 29.2 Å². The summed E-state index contributed by atoms with van der Waals surface area (Å²) in [7, 11) is 1.65. The average Bonchev–Trinajstić information content (AvgIpc) is 2.59. The molecule has 0 unspecified atom stereocenters. The first-order valence-electron chi connectivity index (χ1n) is 8.06. The van der Waals surface area contributed by atoms with E-state index in [0.29, 0.717) is 6.61 Å². The lowest BCUT2D eigenvalue weighted by Gasteiger charge is -2.34. The number of nitrogens with zero attached hydrogens (tertiary/aromatic N) is 5. The topological polar surface area (TPSA) is 85.2 Å². The fourth-order valence-electron chi connectivity index (χ4n) is 2.62. The van der Waals surface area contributed by atoms with Crippen LogP contribution >= 0.6 is 0 Å². The molecule has 8 nitrogen and oxygen atoms in total. The van der Waals surface area contributed by atoms with Gasteiger partial charge in [-0.15, -0.1) is 5.10 Å². The third kappa shape index (κ3) is 4.08. The summed E-state index contributed by atoms with van der Waals surface area (Å²) < 4.78 is 7.15. The number of ether oxygens (including phenoxy) is 1. The van der Waals surface area contributed by atoms with Crippen molar-refractivity contribution in [1.82, 2.24) is 20.0 Å². The number of morpholine rings is 1. The molecule has 2 aromatic heterocycles. The summed E-state index contributed by atoms with van der Waals surface area (Å²) in [6.07, 6.45) is 2.68. The summed E-state index contributed by atoms with van der Waals surface area (Å²) in [6.45, 7) is 4.82. The van der Waals surface area contributed by atoms with Gasteiger partial charge in [-0.05, 0) is 25.5 Å². The predicted molar refractivity (Wildman–Crippen MR) is 91.3 cm³/mol. The molecule has 3 heterocycles. The Morgan fingerprint density at radius 1 is 1.38 bits per heavy atom. The van der Waals surface area contributed by atoms with Gasteiger partial charge in [-0.2, -0.15) is 10.2 Å². The number of aromatic nitrogens is 4. The Morgan fingerprint density at radius 3 is 3.00 bits per heavy atom. The van der Waals surface area contributed by atoms with Crippen molar-refractivity contribution in [2.75, 3.05) is 36.5 Å². The number of anilines is 2. The van der Waals surface area contributed by atoms with Gasteiger partial charge >= 0.3 is 0 Å². The van der Waals surface area contributed by atoms with Crippen LogP contribution in [0.25, 0.3) is 0 Å². The Kier molecular flexibility index (Phi) is 5.05. The summed E-state index contributed by atoms with van der Waals surface area (Å²) in [6, 6.07) is 5.47. The van der Waals surface area contributed by atoms with Gasteiger partial charge < -0.3 is 15.0 Å². The highest BCUT2D eigenvalue weighted by molar-refractivity contribution is 5.43. The van der Waals surface area contributed by atoms with E-state index in [1.165, 1.54) is 4.68 Å². The molecule has 1 saturated heterocycles. The van der Waals surface area contributed by atoms with Crippen LogP contribution in [0.5, 0.6) is 0 Å². The Morgan fingerprint density at radius 2 is 2.25 bits per heavy atom. The third-order valence-electron chi connectivity index (χ3n) is 4.03. The molecule has 128 valence electrons. The molecule has 1 N–H and O–H groups in total. The van der Waals surface area contributed by atoms with Crippen LogP contribution in [0.4, 0.5) is 11.5 Å². The molecule has 1 atom stereocenters. The molecule has 0 aliphatic carbocycles. The molecule has 8 heteroatoms. The van der Waals surface area contributed by atoms with Gasteiger partial charge in [-0.1, -0.05) is 0 Å². The van der Waals surface area contributed by atoms with Crippen LogP contribution < -0.4 is 15.8 Å². The van der Waals surface area contributed by atoms with Gasteiger partial charge in [0.1, 0.15) is 5.82 Å². The number of nitrogens with one attached hydrogen (secondary N) is 1. The summed E-state index contributed by atoms with van der Waals surface area (Å²) in [5, 5.41) is 15.4. The molecule has 1 fully saturated rings. The highest BCUT2D eigenvalue weighted by Gasteiger charge is 2.21. The quantitative estimate of drug-likeness (QED) is 0.858. The maximum Gasteiger partial charge on any atom is 0.268 e. The van der Waals surface area contributed by atoms with Crippen molar-refractivity contribution < 1.29 is 4.74 Å². The molecule has 0 amide bonds. The lowest BCUT2D eigenvalue weighted by molar-refractivity contribution is 0.0374. The highest BCUT2D eigenvalue weighted by Crippen LogP contribution is 2.16. The number of hydrogen-bond donors (Lipinski definition) is 1. The minimum Gasteiger partial charge on any atom is -0.374 e. The standard InChI is InChI=1S/C16H22N6O2/c1-12-3-4-15(20-19-12)17-6-5-14-11-22(7-8-24-14)13-9-16(23)21(2)18-10-13/h3-4,9-10,14H,5-8,11H2,1-2H3,(H,17,20)/t14-/m0/s1. The lowest BCUT2D eigenvalue weighted by atomic mass is 10.2. The van der Waals surface area contributed by atoms with Crippen molar-refractivity contribution in [3.05, 3.63) is 40.4 Å². The lowest BCUT2D eigenvalue weighted by Crippen LogP contribution is -2.43. The summed E-state index contributed by atoms with van der Waals surface area (Å²) in [5.74, 6) is 0.768. The first-order valence-corrected chi connectivity index (χ1v) is 8.06. The molecule has 0 spiro atoms. The second kappa shape index (κ2) is 7.39. The summed E-state index contributed by atoms with van der Waals surface area (Å²) in [5.41, 5.74) is 1.65. The van der Waals surface area contributed by atoms with E-state index in [0.717, 1.165) is 43.3 Å². The molecule has 1 aliphatic rings. The van der Waals surface area contributed by atoms with Crippen LogP contribution in [-0.2, 0) is 11.8 Å². The number of rotatable bonds is 5. The van der Waals surface area contributed by atoms with Gasteiger partial charge in [0.05, 0.1) is 30.3 Å². The van der Waals surface area contributed by atoms with E-state index in [9.17, 15) is 4.79 Å². The molecule has 3 rings (SSSR count).